The smallest absolute Gasteiger partial charge is 0.271 e. The van der Waals surface area contributed by atoms with E-state index in [1.165, 1.54) is 28.2 Å². The highest BCUT2D eigenvalue weighted by molar-refractivity contribution is 7.07. The molecule has 42 heavy (non-hydrogen) atoms. The lowest BCUT2D eigenvalue weighted by Crippen LogP contribution is -2.39. The number of morpholine rings is 1. The number of thiazole rings is 1. The molecule has 3 aliphatic rings. The van der Waals surface area contributed by atoms with Gasteiger partial charge in [-0.3, -0.25) is 9.36 Å². The third kappa shape index (κ3) is 5.40. The number of nitrogens with zero attached hydrogens (tertiary/aromatic N) is 3. The minimum atomic E-state index is -0.228. The molecule has 0 saturated carbocycles. The maximum atomic E-state index is 14.0. The monoisotopic (exact) mass is 613 g/mol. The summed E-state index contributed by atoms with van der Waals surface area (Å²) in [5.41, 5.74) is 7.64. The molecule has 4 aromatic rings. The number of benzene rings is 3. The van der Waals surface area contributed by atoms with E-state index in [0.29, 0.717) is 14.6 Å². The van der Waals surface area contributed by atoms with E-state index >= 15 is 0 Å². The molecule has 3 heterocycles. The molecule has 2 aliphatic heterocycles. The lowest BCUT2D eigenvalue weighted by atomic mass is 9.84. The Hall–Kier alpha value is -3.42. The second-order valence-electron chi connectivity index (χ2n) is 10.8. The first-order valence-corrected chi connectivity index (χ1v) is 15.8. The first-order chi connectivity index (χ1) is 20.5. The zero-order chi connectivity index (χ0) is 28.6. The van der Waals surface area contributed by atoms with Crippen molar-refractivity contribution in [1.82, 2.24) is 4.57 Å². The number of fused-ring (bicyclic) bond motifs is 1. The summed E-state index contributed by atoms with van der Waals surface area (Å²) in [6.45, 7) is 3.28. The van der Waals surface area contributed by atoms with E-state index in [-0.39, 0.29) is 11.6 Å². The van der Waals surface area contributed by atoms with Gasteiger partial charge in [0.25, 0.3) is 5.56 Å². The van der Waals surface area contributed by atoms with Gasteiger partial charge in [0.1, 0.15) is 0 Å². The molecule has 212 valence electrons. The highest BCUT2D eigenvalue weighted by Gasteiger charge is 2.32. The Balaban J connectivity index is 1.34. The molecule has 0 bridgehead atoms. The van der Waals surface area contributed by atoms with E-state index in [1.807, 2.05) is 59.2 Å². The highest BCUT2D eigenvalue weighted by Crippen LogP contribution is 2.41. The fourth-order valence-corrected chi connectivity index (χ4v) is 7.27. The number of aromatic nitrogens is 1. The van der Waals surface area contributed by atoms with Crippen LogP contribution in [0.5, 0.6) is 0 Å². The normalized spacial score (nSPS) is 20.0. The van der Waals surface area contributed by atoms with Crippen LogP contribution in [0.1, 0.15) is 42.0 Å². The van der Waals surface area contributed by atoms with Crippen LogP contribution in [0.4, 0.5) is 5.69 Å². The van der Waals surface area contributed by atoms with Crippen molar-refractivity contribution >= 4 is 52.4 Å². The van der Waals surface area contributed by atoms with Crippen LogP contribution in [-0.2, 0) is 4.74 Å². The summed E-state index contributed by atoms with van der Waals surface area (Å²) in [6, 6.07) is 23.9. The SMILES string of the molecule is O=c1/c(=C\c2ccc(N3CCOCC3)cc2)sc2n1[C@H](c1ccc(Cl)cc1)C1=C(N=2)/C(=C/c2ccc(Cl)cc2)CCC1. The number of hydrogen-bond acceptors (Lipinski definition) is 5. The summed E-state index contributed by atoms with van der Waals surface area (Å²) in [6.07, 6.45) is 7.01. The molecule has 7 rings (SSSR count). The van der Waals surface area contributed by atoms with Crippen molar-refractivity contribution in [1.29, 1.82) is 0 Å². The topological polar surface area (TPSA) is 46.8 Å². The fraction of sp³-hybridized carbons (Fsp3) is 0.235. The number of rotatable bonds is 4. The molecule has 1 fully saturated rings. The molecular weight excluding hydrogens is 585 g/mol. The number of allylic oxidation sites excluding steroid dienone is 2. The van der Waals surface area contributed by atoms with Crippen LogP contribution in [0.3, 0.4) is 0 Å². The zero-order valence-electron chi connectivity index (χ0n) is 22.9. The molecule has 0 amide bonds. The standard InChI is InChI=1S/C34H29Cl2N3O2S/c35-26-10-4-22(5-11-26)20-25-2-1-3-29-31(25)37-34-39(32(29)24-8-12-27(36)13-9-24)33(40)30(42-34)21-23-6-14-28(15-7-23)38-16-18-41-19-17-38/h4-15,20-21,32H,1-3,16-19H2/b25-20+,30-21+/t32-/m1/s1. The Labute approximate surface area is 258 Å². The average Bonchev–Trinajstić information content (AvgIpc) is 3.33. The van der Waals surface area contributed by atoms with Crippen LogP contribution < -0.4 is 19.8 Å². The molecule has 0 spiro atoms. The minimum Gasteiger partial charge on any atom is -0.378 e. The first kappa shape index (κ1) is 27.4. The van der Waals surface area contributed by atoms with Gasteiger partial charge >= 0.3 is 0 Å². The number of anilines is 1. The maximum Gasteiger partial charge on any atom is 0.271 e. The van der Waals surface area contributed by atoms with E-state index in [2.05, 4.69) is 35.2 Å². The Morgan fingerprint density at radius 1 is 0.833 bits per heavy atom. The van der Waals surface area contributed by atoms with Gasteiger partial charge in [-0.05, 0) is 95.6 Å². The maximum absolute atomic E-state index is 14.0. The largest absolute Gasteiger partial charge is 0.378 e. The summed E-state index contributed by atoms with van der Waals surface area (Å²) in [4.78, 5) is 22.2. The molecule has 5 nitrogen and oxygen atoms in total. The summed E-state index contributed by atoms with van der Waals surface area (Å²) in [5, 5.41) is 1.39. The van der Waals surface area contributed by atoms with Crippen molar-refractivity contribution in [2.24, 2.45) is 4.99 Å². The highest BCUT2D eigenvalue weighted by atomic mass is 35.5. The predicted octanol–water partition coefficient (Wildman–Crippen LogP) is 6.63. The third-order valence-electron chi connectivity index (χ3n) is 8.10. The molecule has 1 atom stereocenters. The van der Waals surface area contributed by atoms with Crippen LogP contribution in [0.25, 0.3) is 12.2 Å². The Kier molecular flexibility index (Phi) is 7.63. The molecule has 8 heteroatoms. The quantitative estimate of drug-likeness (QED) is 0.260. The summed E-state index contributed by atoms with van der Waals surface area (Å²) in [5.74, 6) is 0. The van der Waals surface area contributed by atoms with Crippen molar-refractivity contribution in [2.45, 2.75) is 25.3 Å². The summed E-state index contributed by atoms with van der Waals surface area (Å²) in [7, 11) is 0. The minimum absolute atomic E-state index is 0.0173. The van der Waals surface area contributed by atoms with Gasteiger partial charge in [0.15, 0.2) is 4.80 Å². The molecule has 0 N–H and O–H groups in total. The number of halogens is 2. The van der Waals surface area contributed by atoms with Gasteiger partial charge in [0.05, 0.1) is 29.5 Å². The molecule has 0 unspecified atom stereocenters. The van der Waals surface area contributed by atoms with Gasteiger partial charge in [-0.25, -0.2) is 4.99 Å². The zero-order valence-corrected chi connectivity index (χ0v) is 25.3. The van der Waals surface area contributed by atoms with E-state index in [4.69, 9.17) is 32.9 Å². The van der Waals surface area contributed by atoms with Crippen LogP contribution in [0.2, 0.25) is 10.0 Å². The van der Waals surface area contributed by atoms with Crippen molar-refractivity contribution in [3.63, 3.8) is 0 Å². The van der Waals surface area contributed by atoms with Gasteiger partial charge < -0.3 is 9.64 Å². The Morgan fingerprint density at radius 2 is 1.48 bits per heavy atom. The average molecular weight is 615 g/mol. The number of hydrogen-bond donors (Lipinski definition) is 0. The van der Waals surface area contributed by atoms with Gasteiger partial charge in [-0.1, -0.05) is 70.9 Å². The lowest BCUT2D eigenvalue weighted by molar-refractivity contribution is 0.122. The van der Waals surface area contributed by atoms with Crippen molar-refractivity contribution in [2.75, 3.05) is 31.2 Å². The predicted molar refractivity (Wildman–Crippen MR) is 172 cm³/mol. The van der Waals surface area contributed by atoms with Crippen LogP contribution in [0, 0.1) is 0 Å². The Bertz CT molecular complexity index is 1870. The summed E-state index contributed by atoms with van der Waals surface area (Å²) >= 11 is 13.9. The molecule has 1 saturated heterocycles. The molecular formula is C34H29Cl2N3O2S. The van der Waals surface area contributed by atoms with Crippen molar-refractivity contribution in [3.05, 3.63) is 136 Å². The molecule has 1 aromatic heterocycles. The van der Waals surface area contributed by atoms with Gasteiger partial charge in [-0.15, -0.1) is 0 Å². The van der Waals surface area contributed by atoms with Gasteiger partial charge in [0, 0.05) is 28.8 Å². The van der Waals surface area contributed by atoms with Crippen LogP contribution in [0.15, 0.2) is 99.4 Å². The first-order valence-electron chi connectivity index (χ1n) is 14.2. The van der Waals surface area contributed by atoms with E-state index < -0.39 is 0 Å². The summed E-state index contributed by atoms with van der Waals surface area (Å²) < 4.78 is 8.05. The second-order valence-corrected chi connectivity index (χ2v) is 12.7. The van der Waals surface area contributed by atoms with Gasteiger partial charge in [-0.2, -0.15) is 0 Å². The number of ether oxygens (including phenoxy) is 1. The fourth-order valence-electron chi connectivity index (χ4n) is 6.02. The second kappa shape index (κ2) is 11.7. The van der Waals surface area contributed by atoms with E-state index in [9.17, 15) is 4.79 Å². The van der Waals surface area contributed by atoms with E-state index in [1.54, 1.807) is 0 Å². The van der Waals surface area contributed by atoms with Crippen LogP contribution >= 0.6 is 34.5 Å². The van der Waals surface area contributed by atoms with Crippen LogP contribution in [-0.4, -0.2) is 30.9 Å². The molecule has 1 aliphatic carbocycles. The molecule has 0 radical (unpaired) electrons. The van der Waals surface area contributed by atoms with Crippen molar-refractivity contribution < 1.29 is 4.74 Å². The van der Waals surface area contributed by atoms with Crippen molar-refractivity contribution in [3.8, 4) is 0 Å². The lowest BCUT2D eigenvalue weighted by Gasteiger charge is -2.31. The third-order valence-corrected chi connectivity index (χ3v) is 9.58. The Morgan fingerprint density at radius 3 is 2.19 bits per heavy atom. The van der Waals surface area contributed by atoms with E-state index in [0.717, 1.165) is 72.8 Å². The molecule has 3 aromatic carbocycles. The van der Waals surface area contributed by atoms with Gasteiger partial charge in [0.2, 0.25) is 0 Å².